The molecular weight excluding hydrogens is 256 g/mol. The quantitative estimate of drug-likeness (QED) is 0.903. The molecule has 2 nitrogen and oxygen atoms in total. The van der Waals surface area contributed by atoms with E-state index in [0.717, 1.165) is 13.0 Å². The van der Waals surface area contributed by atoms with Crippen LogP contribution in [0.1, 0.15) is 52.0 Å². The number of hydrogen-bond donors (Lipinski definition) is 1. The van der Waals surface area contributed by atoms with Crippen molar-refractivity contribution in [2.24, 2.45) is 5.92 Å². The summed E-state index contributed by atoms with van der Waals surface area (Å²) in [4.78, 5) is 2.70. The van der Waals surface area contributed by atoms with E-state index < -0.39 is 0 Å². The van der Waals surface area contributed by atoms with Gasteiger partial charge in [-0.2, -0.15) is 0 Å². The van der Waals surface area contributed by atoms with Gasteiger partial charge in [-0.1, -0.05) is 45.7 Å². The molecule has 1 aliphatic heterocycles. The highest BCUT2D eigenvalue weighted by molar-refractivity contribution is 5.51. The van der Waals surface area contributed by atoms with Crippen molar-refractivity contribution < 1.29 is 0 Å². The summed E-state index contributed by atoms with van der Waals surface area (Å²) in [5.41, 5.74) is 3.27. The summed E-state index contributed by atoms with van der Waals surface area (Å²) in [5, 5.41) is 3.91. The Morgan fingerprint density at radius 3 is 2.71 bits per heavy atom. The lowest BCUT2D eigenvalue weighted by atomic mass is 9.88. The summed E-state index contributed by atoms with van der Waals surface area (Å²) in [6.07, 6.45) is 6.60. The summed E-state index contributed by atoms with van der Waals surface area (Å²) < 4.78 is 0. The van der Waals surface area contributed by atoms with Crippen LogP contribution in [0.5, 0.6) is 0 Å². The van der Waals surface area contributed by atoms with E-state index in [1.807, 2.05) is 0 Å². The molecule has 21 heavy (non-hydrogen) atoms. The summed E-state index contributed by atoms with van der Waals surface area (Å²) >= 11 is 0. The van der Waals surface area contributed by atoms with E-state index in [-0.39, 0.29) is 0 Å². The number of anilines is 1. The largest absolute Gasteiger partial charge is 0.365 e. The minimum Gasteiger partial charge on any atom is -0.365 e. The van der Waals surface area contributed by atoms with E-state index in [1.165, 1.54) is 43.5 Å². The zero-order valence-electron chi connectivity index (χ0n) is 13.9. The van der Waals surface area contributed by atoms with Gasteiger partial charge in [0.15, 0.2) is 0 Å². The molecule has 0 amide bonds. The number of benzene rings is 1. The van der Waals surface area contributed by atoms with Gasteiger partial charge in [0.25, 0.3) is 0 Å². The fourth-order valence-electron chi connectivity index (χ4n) is 4.15. The van der Waals surface area contributed by atoms with Crippen LogP contribution < -0.4 is 10.2 Å². The molecule has 1 unspecified atom stereocenters. The second-order valence-electron chi connectivity index (χ2n) is 7.33. The van der Waals surface area contributed by atoms with Crippen LogP contribution in [0.3, 0.4) is 0 Å². The van der Waals surface area contributed by atoms with Crippen LogP contribution in [0, 0.1) is 5.92 Å². The van der Waals surface area contributed by atoms with E-state index >= 15 is 0 Å². The predicted octanol–water partition coefficient (Wildman–Crippen LogP) is 4.00. The molecule has 1 aliphatic carbocycles. The monoisotopic (exact) mass is 286 g/mol. The minimum absolute atomic E-state index is 0.383. The van der Waals surface area contributed by atoms with Crippen molar-refractivity contribution in [2.45, 2.75) is 64.5 Å². The molecule has 0 radical (unpaired) electrons. The molecule has 1 atom stereocenters. The van der Waals surface area contributed by atoms with Gasteiger partial charge in [-0.05, 0) is 42.9 Å². The molecule has 3 rings (SSSR count). The first kappa shape index (κ1) is 14.9. The van der Waals surface area contributed by atoms with E-state index in [0.29, 0.717) is 17.5 Å². The predicted molar refractivity (Wildman–Crippen MR) is 91.0 cm³/mol. The molecule has 1 aromatic rings. The maximum atomic E-state index is 3.91. The zero-order chi connectivity index (χ0) is 14.9. The van der Waals surface area contributed by atoms with E-state index in [2.05, 4.69) is 55.3 Å². The Labute approximate surface area is 129 Å². The van der Waals surface area contributed by atoms with Gasteiger partial charge in [-0.15, -0.1) is 0 Å². The second-order valence-corrected chi connectivity index (χ2v) is 7.33. The lowest BCUT2D eigenvalue weighted by Gasteiger charge is -2.49. The lowest BCUT2D eigenvalue weighted by molar-refractivity contribution is 0.245. The molecule has 1 heterocycles. The van der Waals surface area contributed by atoms with Gasteiger partial charge < -0.3 is 10.2 Å². The molecule has 1 saturated heterocycles. The highest BCUT2D eigenvalue weighted by Gasteiger charge is 2.41. The molecule has 1 spiro atoms. The van der Waals surface area contributed by atoms with Crippen molar-refractivity contribution in [3.8, 4) is 0 Å². The molecule has 1 N–H and O–H groups in total. The average molecular weight is 286 g/mol. The third-order valence-electron chi connectivity index (χ3n) is 5.54. The van der Waals surface area contributed by atoms with Gasteiger partial charge in [0.2, 0.25) is 0 Å². The maximum absolute atomic E-state index is 3.91. The first-order valence-electron chi connectivity index (χ1n) is 8.74. The Kier molecular flexibility index (Phi) is 4.26. The Balaban J connectivity index is 1.89. The molecule has 1 saturated carbocycles. The van der Waals surface area contributed by atoms with Gasteiger partial charge >= 0.3 is 0 Å². The topological polar surface area (TPSA) is 15.3 Å². The summed E-state index contributed by atoms with van der Waals surface area (Å²) in [7, 11) is 0. The molecule has 2 fully saturated rings. The lowest BCUT2D eigenvalue weighted by Crippen LogP contribution is -2.64. The first-order valence-corrected chi connectivity index (χ1v) is 8.74. The summed E-state index contributed by atoms with van der Waals surface area (Å²) in [5.74, 6) is 0.682. The smallest absolute Gasteiger partial charge is 0.0438 e. The van der Waals surface area contributed by atoms with Gasteiger partial charge in [0.05, 0.1) is 0 Å². The molecule has 1 aromatic carbocycles. The van der Waals surface area contributed by atoms with Crippen molar-refractivity contribution in [1.82, 2.24) is 5.32 Å². The van der Waals surface area contributed by atoms with Crippen molar-refractivity contribution in [3.05, 3.63) is 29.8 Å². The van der Waals surface area contributed by atoms with Crippen LogP contribution >= 0.6 is 0 Å². The fourth-order valence-corrected chi connectivity index (χ4v) is 4.15. The molecule has 116 valence electrons. The number of aryl methyl sites for hydroxylation is 1. The van der Waals surface area contributed by atoms with Gasteiger partial charge in [0, 0.05) is 30.4 Å². The summed E-state index contributed by atoms with van der Waals surface area (Å²) in [6, 6.07) is 9.81. The standard InChI is InChI=1S/C19H30N2/c1-4-16-8-7-9-17(12-16)21-14-19(10-5-6-11-19)20-13-18(21)15(2)3/h7-9,12,15,18,20H,4-6,10-11,13-14H2,1-3H3. The number of rotatable bonds is 3. The number of nitrogens with zero attached hydrogens (tertiary/aromatic N) is 1. The maximum Gasteiger partial charge on any atom is 0.0438 e. The van der Waals surface area contributed by atoms with Crippen LogP contribution in [-0.4, -0.2) is 24.7 Å². The van der Waals surface area contributed by atoms with Crippen molar-refractivity contribution in [3.63, 3.8) is 0 Å². The summed E-state index contributed by atoms with van der Waals surface area (Å²) in [6.45, 7) is 9.28. The highest BCUT2D eigenvalue weighted by atomic mass is 15.3. The third-order valence-corrected chi connectivity index (χ3v) is 5.54. The Morgan fingerprint density at radius 1 is 1.29 bits per heavy atom. The van der Waals surface area contributed by atoms with Crippen molar-refractivity contribution in [2.75, 3.05) is 18.0 Å². The molecule has 2 aliphatic rings. The van der Waals surface area contributed by atoms with Crippen LogP contribution in [0.25, 0.3) is 0 Å². The highest BCUT2D eigenvalue weighted by Crippen LogP contribution is 2.36. The van der Waals surface area contributed by atoms with Gasteiger partial charge in [-0.25, -0.2) is 0 Å². The van der Waals surface area contributed by atoms with Crippen LogP contribution in [-0.2, 0) is 6.42 Å². The molecule has 0 aromatic heterocycles. The third kappa shape index (κ3) is 2.96. The zero-order valence-corrected chi connectivity index (χ0v) is 13.9. The van der Waals surface area contributed by atoms with Crippen LogP contribution in [0.15, 0.2) is 24.3 Å². The van der Waals surface area contributed by atoms with Crippen LogP contribution in [0.4, 0.5) is 5.69 Å². The molecular formula is C19H30N2. The Morgan fingerprint density at radius 2 is 2.05 bits per heavy atom. The van der Waals surface area contributed by atoms with E-state index in [9.17, 15) is 0 Å². The minimum atomic E-state index is 0.383. The molecule has 0 bridgehead atoms. The first-order chi connectivity index (χ1) is 10.1. The molecule has 2 heteroatoms. The Hall–Kier alpha value is -1.02. The SMILES string of the molecule is CCc1cccc(N2CC3(CCCC3)NCC2C(C)C)c1. The van der Waals surface area contributed by atoms with E-state index in [4.69, 9.17) is 0 Å². The normalized spacial score (nSPS) is 25.0. The second kappa shape index (κ2) is 6.00. The van der Waals surface area contributed by atoms with Crippen molar-refractivity contribution in [1.29, 1.82) is 0 Å². The van der Waals surface area contributed by atoms with E-state index in [1.54, 1.807) is 0 Å². The van der Waals surface area contributed by atoms with Gasteiger partial charge in [-0.3, -0.25) is 0 Å². The number of piperazine rings is 1. The van der Waals surface area contributed by atoms with Crippen LogP contribution in [0.2, 0.25) is 0 Å². The number of nitrogens with one attached hydrogen (secondary N) is 1. The number of hydrogen-bond acceptors (Lipinski definition) is 2. The average Bonchev–Trinajstić information content (AvgIpc) is 2.95. The fraction of sp³-hybridized carbons (Fsp3) is 0.684. The Bertz CT molecular complexity index is 474. The van der Waals surface area contributed by atoms with Gasteiger partial charge in [0.1, 0.15) is 0 Å². The van der Waals surface area contributed by atoms with Crippen molar-refractivity contribution >= 4 is 5.69 Å².